The van der Waals surface area contributed by atoms with Crippen LogP contribution >= 0.6 is 11.6 Å². The number of halogens is 1. The summed E-state index contributed by atoms with van der Waals surface area (Å²) >= 11 is 6.18. The molecule has 9 nitrogen and oxygen atoms in total. The van der Waals surface area contributed by atoms with Gasteiger partial charge in [0.2, 0.25) is 5.91 Å². The first-order valence-electron chi connectivity index (χ1n) is 10.8. The van der Waals surface area contributed by atoms with Gasteiger partial charge in [-0.1, -0.05) is 29.8 Å². The minimum absolute atomic E-state index is 0.00972. The molecule has 0 heterocycles. The molecule has 0 aliphatic carbocycles. The molecule has 0 radical (unpaired) electrons. The van der Waals surface area contributed by atoms with Gasteiger partial charge in [0.1, 0.15) is 18.0 Å². The summed E-state index contributed by atoms with van der Waals surface area (Å²) in [6.07, 6.45) is 0. The Balaban J connectivity index is 1.96. The largest absolute Gasteiger partial charge is 0.497 e. The number of nitrogens with zero attached hydrogens (tertiary/aromatic N) is 1. The van der Waals surface area contributed by atoms with E-state index >= 15 is 0 Å². The Hall–Kier alpha value is -3.76. The van der Waals surface area contributed by atoms with Gasteiger partial charge >= 0.3 is 5.97 Å². The lowest BCUT2D eigenvalue weighted by Gasteiger charge is -2.26. The van der Waals surface area contributed by atoms with Crippen LogP contribution in [0.4, 0.5) is 11.4 Å². The number of rotatable bonds is 10. The zero-order valence-corrected chi connectivity index (χ0v) is 21.4. The van der Waals surface area contributed by atoms with Crippen molar-refractivity contribution in [3.63, 3.8) is 0 Å². The van der Waals surface area contributed by atoms with E-state index in [2.05, 4.69) is 5.32 Å². The normalized spacial score (nSPS) is 10.9. The molecule has 0 aromatic heterocycles. The van der Waals surface area contributed by atoms with Gasteiger partial charge in [0.05, 0.1) is 42.0 Å². The number of sulfonamides is 1. The van der Waals surface area contributed by atoms with Crippen molar-refractivity contribution in [1.29, 1.82) is 0 Å². The van der Waals surface area contributed by atoms with Gasteiger partial charge in [-0.3, -0.25) is 9.10 Å². The summed E-state index contributed by atoms with van der Waals surface area (Å²) in [6.45, 7) is 1.28. The predicted molar refractivity (Wildman–Crippen MR) is 137 cm³/mol. The molecular weight excluding hydrogens is 508 g/mol. The number of hydrogen-bond donors (Lipinski definition) is 1. The van der Waals surface area contributed by atoms with Crippen LogP contribution in [0.15, 0.2) is 71.6 Å². The first-order chi connectivity index (χ1) is 17.2. The van der Waals surface area contributed by atoms with E-state index in [1.54, 1.807) is 37.3 Å². The lowest BCUT2D eigenvalue weighted by atomic mass is 10.2. The smallest absolute Gasteiger partial charge is 0.339 e. The average Bonchev–Trinajstić information content (AvgIpc) is 2.87. The fourth-order valence-electron chi connectivity index (χ4n) is 3.31. The lowest BCUT2D eigenvalue weighted by molar-refractivity contribution is -0.114. The number of carbonyl (C=O) groups is 2. The summed E-state index contributed by atoms with van der Waals surface area (Å²) in [5, 5.41) is 2.70. The molecule has 0 aliphatic rings. The molecule has 0 saturated carbocycles. The number of nitrogens with one attached hydrogen (secondary N) is 1. The van der Waals surface area contributed by atoms with Crippen molar-refractivity contribution in [3.8, 4) is 11.5 Å². The van der Waals surface area contributed by atoms with Crippen LogP contribution in [-0.4, -0.2) is 47.7 Å². The first kappa shape index (κ1) is 26.8. The minimum Gasteiger partial charge on any atom is -0.497 e. The highest BCUT2D eigenvalue weighted by atomic mass is 35.5. The second-order valence-electron chi connectivity index (χ2n) is 7.33. The molecule has 0 fully saturated rings. The maximum absolute atomic E-state index is 13.6. The Bertz CT molecular complexity index is 1350. The molecule has 0 aliphatic heterocycles. The number of esters is 1. The number of ether oxygens (including phenoxy) is 3. The SMILES string of the molecule is CCOC(=O)c1ccc(NC(=O)CN(c2cc(OC)ccc2OC)S(=O)(=O)c2ccccc2)cc1Cl. The summed E-state index contributed by atoms with van der Waals surface area (Å²) in [6, 6.07) is 16.6. The van der Waals surface area contributed by atoms with E-state index in [0.29, 0.717) is 5.75 Å². The summed E-state index contributed by atoms with van der Waals surface area (Å²) in [4.78, 5) is 25.0. The van der Waals surface area contributed by atoms with Crippen molar-refractivity contribution in [2.45, 2.75) is 11.8 Å². The van der Waals surface area contributed by atoms with E-state index in [4.69, 9.17) is 25.8 Å². The lowest BCUT2D eigenvalue weighted by Crippen LogP contribution is -2.38. The molecule has 0 saturated heterocycles. The molecular formula is C25H25ClN2O7S. The van der Waals surface area contributed by atoms with Gasteiger partial charge in [-0.15, -0.1) is 0 Å². The van der Waals surface area contributed by atoms with E-state index < -0.39 is 28.4 Å². The van der Waals surface area contributed by atoms with E-state index in [-0.39, 0.29) is 39.2 Å². The van der Waals surface area contributed by atoms with E-state index in [1.165, 1.54) is 50.6 Å². The molecule has 3 rings (SSSR count). The third-order valence-electron chi connectivity index (χ3n) is 5.02. The van der Waals surface area contributed by atoms with Gasteiger partial charge in [0.15, 0.2) is 0 Å². The van der Waals surface area contributed by atoms with Crippen LogP contribution in [0, 0.1) is 0 Å². The third-order valence-corrected chi connectivity index (χ3v) is 7.11. The molecule has 3 aromatic rings. The van der Waals surface area contributed by atoms with Crippen molar-refractivity contribution in [3.05, 3.63) is 77.3 Å². The predicted octanol–water partition coefficient (Wildman–Crippen LogP) is 4.37. The second kappa shape index (κ2) is 11.8. The van der Waals surface area contributed by atoms with Crippen LogP contribution in [-0.2, 0) is 19.6 Å². The van der Waals surface area contributed by atoms with Gasteiger partial charge in [0.25, 0.3) is 10.0 Å². The number of benzene rings is 3. The summed E-state index contributed by atoms with van der Waals surface area (Å²) in [5.41, 5.74) is 0.533. The quantitative estimate of drug-likeness (QED) is 0.386. The molecule has 36 heavy (non-hydrogen) atoms. The molecule has 190 valence electrons. The maximum Gasteiger partial charge on any atom is 0.339 e. The van der Waals surface area contributed by atoms with Crippen LogP contribution in [0.2, 0.25) is 5.02 Å². The Morgan fingerprint density at radius 2 is 1.69 bits per heavy atom. The summed E-state index contributed by atoms with van der Waals surface area (Å²) in [7, 11) is -1.34. The fourth-order valence-corrected chi connectivity index (χ4v) is 5.01. The molecule has 0 bridgehead atoms. The zero-order chi connectivity index (χ0) is 26.3. The monoisotopic (exact) mass is 532 g/mol. The fraction of sp³-hybridized carbons (Fsp3) is 0.200. The van der Waals surface area contributed by atoms with Crippen LogP contribution in [0.1, 0.15) is 17.3 Å². The van der Waals surface area contributed by atoms with E-state index in [0.717, 1.165) is 4.31 Å². The average molecular weight is 533 g/mol. The standard InChI is InChI=1S/C25H25ClN2O7S/c1-4-35-25(30)20-12-10-17(14-21(20)26)27-24(29)16-28(36(31,32)19-8-6-5-7-9-19)22-15-18(33-2)11-13-23(22)34-3/h5-15H,4,16H2,1-3H3,(H,27,29). The molecule has 0 unspecified atom stereocenters. The molecule has 0 spiro atoms. The topological polar surface area (TPSA) is 111 Å². The van der Waals surface area contributed by atoms with Gasteiger partial charge in [-0.25, -0.2) is 13.2 Å². The van der Waals surface area contributed by atoms with Crippen LogP contribution in [0.5, 0.6) is 11.5 Å². The van der Waals surface area contributed by atoms with Crippen molar-refractivity contribution in [2.24, 2.45) is 0 Å². The number of anilines is 2. The van der Waals surface area contributed by atoms with Crippen LogP contribution in [0.25, 0.3) is 0 Å². The molecule has 1 N–H and O–H groups in total. The first-order valence-corrected chi connectivity index (χ1v) is 12.6. The molecule has 1 amide bonds. The van der Waals surface area contributed by atoms with Crippen LogP contribution < -0.4 is 19.1 Å². The van der Waals surface area contributed by atoms with E-state index in [9.17, 15) is 18.0 Å². The Labute approximate surface area is 214 Å². The van der Waals surface area contributed by atoms with E-state index in [1.807, 2.05) is 0 Å². The minimum atomic E-state index is -4.18. The van der Waals surface area contributed by atoms with Gasteiger partial charge in [-0.2, -0.15) is 0 Å². The molecule has 11 heteroatoms. The highest BCUT2D eigenvalue weighted by Crippen LogP contribution is 2.35. The highest BCUT2D eigenvalue weighted by molar-refractivity contribution is 7.92. The number of carbonyl (C=O) groups excluding carboxylic acids is 2. The van der Waals surface area contributed by atoms with Gasteiger partial charge in [-0.05, 0) is 49.4 Å². The van der Waals surface area contributed by atoms with Crippen molar-refractivity contribution in [2.75, 3.05) is 37.0 Å². The zero-order valence-electron chi connectivity index (χ0n) is 19.9. The van der Waals surface area contributed by atoms with Gasteiger partial charge in [0, 0.05) is 11.8 Å². The Morgan fingerprint density at radius 3 is 2.31 bits per heavy atom. The van der Waals surface area contributed by atoms with Crippen molar-refractivity contribution in [1.82, 2.24) is 0 Å². The molecule has 0 atom stereocenters. The summed E-state index contributed by atoms with van der Waals surface area (Å²) in [5.74, 6) is -0.643. The number of methoxy groups -OCH3 is 2. The Morgan fingerprint density at radius 1 is 0.972 bits per heavy atom. The second-order valence-corrected chi connectivity index (χ2v) is 9.60. The van der Waals surface area contributed by atoms with Crippen molar-refractivity contribution >= 4 is 44.9 Å². The highest BCUT2D eigenvalue weighted by Gasteiger charge is 2.30. The van der Waals surface area contributed by atoms with Gasteiger partial charge < -0.3 is 19.5 Å². The number of hydrogen-bond acceptors (Lipinski definition) is 7. The maximum atomic E-state index is 13.6. The molecule has 3 aromatic carbocycles. The Kier molecular flexibility index (Phi) is 8.78. The third kappa shape index (κ3) is 6.07. The summed E-state index contributed by atoms with van der Waals surface area (Å²) < 4.78 is 43.7. The van der Waals surface area contributed by atoms with Crippen LogP contribution in [0.3, 0.4) is 0 Å². The van der Waals surface area contributed by atoms with Crippen molar-refractivity contribution < 1.29 is 32.2 Å². The number of amides is 1.